The van der Waals surface area contributed by atoms with Crippen LogP contribution in [0.2, 0.25) is 0 Å². The molecule has 2 heterocycles. The molecule has 0 aliphatic carbocycles. The Balaban J connectivity index is 2.06. The predicted molar refractivity (Wildman–Crippen MR) is 60.7 cm³/mol. The van der Waals surface area contributed by atoms with Crippen molar-refractivity contribution in [2.45, 2.75) is 18.6 Å². The first kappa shape index (κ1) is 10.7. The molecule has 1 saturated heterocycles. The van der Waals surface area contributed by atoms with Crippen LogP contribution in [0.15, 0.2) is 12.4 Å². The van der Waals surface area contributed by atoms with Crippen LogP contribution in [0.4, 0.5) is 10.3 Å². The summed E-state index contributed by atoms with van der Waals surface area (Å²) >= 11 is 1.99. The molecule has 82 valence electrons. The lowest BCUT2D eigenvalue weighted by molar-refractivity contribution is 0.609. The van der Waals surface area contributed by atoms with Gasteiger partial charge in [0.05, 0.1) is 12.4 Å². The Morgan fingerprint density at radius 2 is 2.27 bits per heavy atom. The molecule has 1 fully saturated rings. The van der Waals surface area contributed by atoms with Crippen LogP contribution in [0, 0.1) is 5.82 Å². The van der Waals surface area contributed by atoms with Crippen molar-refractivity contribution in [3.8, 4) is 0 Å². The van der Waals surface area contributed by atoms with Gasteiger partial charge in [0.1, 0.15) is 0 Å². The van der Waals surface area contributed by atoms with Crippen LogP contribution in [-0.4, -0.2) is 34.1 Å². The van der Waals surface area contributed by atoms with Crippen LogP contribution in [0.5, 0.6) is 0 Å². The summed E-state index contributed by atoms with van der Waals surface area (Å²) in [6.07, 6.45) is 3.61. The average molecular weight is 227 g/mol. The van der Waals surface area contributed by atoms with Gasteiger partial charge in [0.15, 0.2) is 5.82 Å². The number of hydrogen-bond donors (Lipinski definition) is 0. The van der Waals surface area contributed by atoms with Crippen LogP contribution in [-0.2, 0) is 0 Å². The minimum atomic E-state index is -0.378. The predicted octanol–water partition coefficient (Wildman–Crippen LogP) is 1.95. The van der Waals surface area contributed by atoms with Crippen molar-refractivity contribution in [1.82, 2.24) is 9.97 Å². The standard InChI is InChI=1S/C10H14FN3S/c1-2-9-7-14(3-4-15-9)10-12-5-8(11)6-13-10/h5-6,9H,2-4,7H2,1H3. The lowest BCUT2D eigenvalue weighted by Gasteiger charge is -2.31. The Morgan fingerprint density at radius 3 is 2.93 bits per heavy atom. The largest absolute Gasteiger partial charge is 0.339 e. The summed E-state index contributed by atoms with van der Waals surface area (Å²) in [7, 11) is 0. The second kappa shape index (κ2) is 4.79. The third kappa shape index (κ3) is 2.59. The lowest BCUT2D eigenvalue weighted by atomic mass is 10.3. The number of anilines is 1. The number of aromatic nitrogens is 2. The van der Waals surface area contributed by atoms with E-state index < -0.39 is 0 Å². The van der Waals surface area contributed by atoms with Crippen molar-refractivity contribution in [1.29, 1.82) is 0 Å². The van der Waals surface area contributed by atoms with Gasteiger partial charge >= 0.3 is 0 Å². The van der Waals surface area contributed by atoms with E-state index in [4.69, 9.17) is 0 Å². The van der Waals surface area contributed by atoms with Gasteiger partial charge in [0.25, 0.3) is 0 Å². The summed E-state index contributed by atoms with van der Waals surface area (Å²) in [5, 5.41) is 0.646. The first-order chi connectivity index (χ1) is 7.29. The number of halogens is 1. The van der Waals surface area contributed by atoms with Gasteiger partial charge in [-0.1, -0.05) is 6.92 Å². The lowest BCUT2D eigenvalue weighted by Crippen LogP contribution is -2.38. The van der Waals surface area contributed by atoms with E-state index in [1.807, 2.05) is 11.8 Å². The summed E-state index contributed by atoms with van der Waals surface area (Å²) in [5.74, 6) is 1.37. The zero-order valence-corrected chi connectivity index (χ0v) is 9.50. The quantitative estimate of drug-likeness (QED) is 0.772. The van der Waals surface area contributed by atoms with Gasteiger partial charge in [0, 0.05) is 24.1 Å². The molecule has 0 radical (unpaired) electrons. The molecule has 1 aromatic heterocycles. The molecule has 0 spiro atoms. The van der Waals surface area contributed by atoms with E-state index in [-0.39, 0.29) is 5.82 Å². The molecule has 0 amide bonds. The van der Waals surface area contributed by atoms with E-state index in [1.54, 1.807) is 0 Å². The molecule has 1 aromatic rings. The zero-order chi connectivity index (χ0) is 10.7. The highest BCUT2D eigenvalue weighted by Crippen LogP contribution is 2.23. The molecular formula is C10H14FN3S. The van der Waals surface area contributed by atoms with Crippen LogP contribution >= 0.6 is 11.8 Å². The van der Waals surface area contributed by atoms with Crippen molar-refractivity contribution in [2.75, 3.05) is 23.7 Å². The first-order valence-corrected chi connectivity index (χ1v) is 6.18. The maximum Gasteiger partial charge on any atom is 0.225 e. The maximum atomic E-state index is 12.6. The number of hydrogen-bond acceptors (Lipinski definition) is 4. The highest BCUT2D eigenvalue weighted by Gasteiger charge is 2.20. The average Bonchev–Trinajstić information content (AvgIpc) is 2.30. The summed E-state index contributed by atoms with van der Waals surface area (Å²) in [4.78, 5) is 10.1. The van der Waals surface area contributed by atoms with E-state index in [2.05, 4.69) is 21.8 Å². The summed E-state index contributed by atoms with van der Waals surface area (Å²) in [6, 6.07) is 0. The smallest absolute Gasteiger partial charge is 0.225 e. The van der Waals surface area contributed by atoms with E-state index >= 15 is 0 Å². The van der Waals surface area contributed by atoms with Crippen LogP contribution in [0.1, 0.15) is 13.3 Å². The minimum absolute atomic E-state index is 0.378. The summed E-state index contributed by atoms with van der Waals surface area (Å²) in [6.45, 7) is 4.10. The molecule has 5 heteroatoms. The van der Waals surface area contributed by atoms with Crippen LogP contribution in [0.25, 0.3) is 0 Å². The Kier molecular flexibility index (Phi) is 3.41. The molecule has 3 nitrogen and oxygen atoms in total. The maximum absolute atomic E-state index is 12.6. The highest BCUT2D eigenvalue weighted by molar-refractivity contribution is 8.00. The summed E-state index contributed by atoms with van der Waals surface area (Å²) < 4.78 is 12.6. The van der Waals surface area contributed by atoms with Gasteiger partial charge in [-0.15, -0.1) is 0 Å². The fraction of sp³-hybridized carbons (Fsp3) is 0.600. The third-order valence-corrected chi connectivity index (χ3v) is 3.86. The van der Waals surface area contributed by atoms with Gasteiger partial charge in [-0.3, -0.25) is 0 Å². The Bertz CT molecular complexity index is 317. The molecule has 1 atom stereocenters. The van der Waals surface area contributed by atoms with Gasteiger partial charge in [-0.05, 0) is 6.42 Å². The van der Waals surface area contributed by atoms with E-state index in [0.29, 0.717) is 11.2 Å². The molecule has 15 heavy (non-hydrogen) atoms. The Morgan fingerprint density at radius 1 is 1.53 bits per heavy atom. The van der Waals surface area contributed by atoms with Crippen molar-refractivity contribution >= 4 is 17.7 Å². The molecule has 1 aliphatic rings. The van der Waals surface area contributed by atoms with Crippen molar-refractivity contribution in [3.63, 3.8) is 0 Å². The minimum Gasteiger partial charge on any atom is -0.339 e. The van der Waals surface area contributed by atoms with Gasteiger partial charge in [0.2, 0.25) is 5.95 Å². The van der Waals surface area contributed by atoms with E-state index in [1.165, 1.54) is 12.4 Å². The normalized spacial score (nSPS) is 21.7. The summed E-state index contributed by atoms with van der Waals surface area (Å²) in [5.41, 5.74) is 0. The van der Waals surface area contributed by atoms with Crippen LogP contribution < -0.4 is 4.90 Å². The SMILES string of the molecule is CCC1CN(c2ncc(F)cn2)CCS1. The second-order valence-electron chi connectivity index (χ2n) is 3.55. The molecule has 1 aliphatic heterocycles. The van der Waals surface area contributed by atoms with Gasteiger partial charge in [-0.25, -0.2) is 14.4 Å². The van der Waals surface area contributed by atoms with Gasteiger partial charge < -0.3 is 4.90 Å². The Hall–Kier alpha value is -0.840. The van der Waals surface area contributed by atoms with E-state index in [9.17, 15) is 4.39 Å². The molecule has 0 aromatic carbocycles. The molecule has 2 rings (SSSR count). The molecular weight excluding hydrogens is 213 g/mol. The number of rotatable bonds is 2. The second-order valence-corrected chi connectivity index (χ2v) is 4.96. The van der Waals surface area contributed by atoms with E-state index in [0.717, 1.165) is 25.3 Å². The molecule has 1 unspecified atom stereocenters. The number of nitrogens with zero attached hydrogens (tertiary/aromatic N) is 3. The molecule has 0 bridgehead atoms. The Labute approximate surface area is 93.1 Å². The van der Waals surface area contributed by atoms with Crippen LogP contribution in [0.3, 0.4) is 0 Å². The monoisotopic (exact) mass is 227 g/mol. The fourth-order valence-corrected chi connectivity index (χ4v) is 2.80. The molecule has 0 N–H and O–H groups in total. The highest BCUT2D eigenvalue weighted by atomic mass is 32.2. The topological polar surface area (TPSA) is 29.0 Å². The molecule has 0 saturated carbocycles. The van der Waals surface area contributed by atoms with Crippen molar-refractivity contribution in [3.05, 3.63) is 18.2 Å². The fourth-order valence-electron chi connectivity index (χ4n) is 1.62. The third-order valence-electron chi connectivity index (χ3n) is 2.48. The van der Waals surface area contributed by atoms with Crippen molar-refractivity contribution in [2.24, 2.45) is 0 Å². The van der Waals surface area contributed by atoms with Crippen molar-refractivity contribution < 1.29 is 4.39 Å². The number of thioether (sulfide) groups is 1. The zero-order valence-electron chi connectivity index (χ0n) is 8.69. The van der Waals surface area contributed by atoms with Gasteiger partial charge in [-0.2, -0.15) is 11.8 Å². The first-order valence-electron chi connectivity index (χ1n) is 5.13.